The Bertz CT molecular complexity index is 499. The van der Waals surface area contributed by atoms with E-state index >= 15 is 0 Å². The molecule has 0 aliphatic carbocycles. The number of aromatic nitrogens is 2. The molecule has 1 heterocycles. The van der Waals surface area contributed by atoms with Crippen molar-refractivity contribution in [2.24, 2.45) is 0 Å². The van der Waals surface area contributed by atoms with Crippen molar-refractivity contribution in [1.82, 2.24) is 10.1 Å². The van der Waals surface area contributed by atoms with Gasteiger partial charge >= 0.3 is 0 Å². The van der Waals surface area contributed by atoms with Gasteiger partial charge in [-0.05, 0) is 12.1 Å². The molecule has 1 aromatic carbocycles. The first-order chi connectivity index (χ1) is 7.74. The second-order valence-corrected chi connectivity index (χ2v) is 3.90. The van der Waals surface area contributed by atoms with Crippen LogP contribution in [0, 0.1) is 3.83 Å². The summed E-state index contributed by atoms with van der Waals surface area (Å²) in [5.41, 5.74) is 0.749. The first-order valence-corrected chi connectivity index (χ1v) is 5.54. The molecule has 0 fully saturated rings. The predicted octanol–water partition coefficient (Wildman–Crippen LogP) is 2.36. The van der Waals surface area contributed by atoms with E-state index in [4.69, 9.17) is 14.0 Å². The number of benzene rings is 1. The van der Waals surface area contributed by atoms with Gasteiger partial charge in [0.15, 0.2) is 0 Å². The lowest BCUT2D eigenvalue weighted by molar-refractivity contribution is 0.390. The normalized spacial score (nSPS) is 10.2. The van der Waals surface area contributed by atoms with Gasteiger partial charge in [-0.1, -0.05) is 5.16 Å². The molecule has 0 spiro atoms. The van der Waals surface area contributed by atoms with Gasteiger partial charge in [0.05, 0.1) is 19.8 Å². The van der Waals surface area contributed by atoms with E-state index in [0.717, 1.165) is 11.3 Å². The van der Waals surface area contributed by atoms with Crippen molar-refractivity contribution in [3.8, 4) is 23.0 Å². The van der Waals surface area contributed by atoms with Crippen molar-refractivity contribution in [2.45, 2.75) is 0 Å². The van der Waals surface area contributed by atoms with Crippen LogP contribution in [0.3, 0.4) is 0 Å². The monoisotopic (exact) mass is 332 g/mol. The highest BCUT2D eigenvalue weighted by Gasteiger charge is 2.13. The average molecular weight is 332 g/mol. The Kier molecular flexibility index (Phi) is 3.28. The third-order valence-electron chi connectivity index (χ3n) is 2.04. The van der Waals surface area contributed by atoms with Crippen LogP contribution in [0.4, 0.5) is 0 Å². The molecule has 0 unspecified atom stereocenters. The van der Waals surface area contributed by atoms with E-state index in [1.807, 2.05) is 34.7 Å². The number of halogens is 1. The highest BCUT2D eigenvalue weighted by molar-refractivity contribution is 14.1. The van der Waals surface area contributed by atoms with Crippen LogP contribution >= 0.6 is 22.6 Å². The maximum Gasteiger partial charge on any atom is 0.262 e. The van der Waals surface area contributed by atoms with Crippen LogP contribution in [-0.4, -0.2) is 24.4 Å². The van der Waals surface area contributed by atoms with Gasteiger partial charge in [0.2, 0.25) is 3.83 Å². The van der Waals surface area contributed by atoms with Crippen LogP contribution in [0.1, 0.15) is 0 Å². The molecule has 0 bridgehead atoms. The summed E-state index contributed by atoms with van der Waals surface area (Å²) in [6.07, 6.45) is 0. The standard InChI is InChI=1S/C10H9IN2O3/c1-14-6-3-4-7(8(5-6)15-2)9-12-10(11)13-16-9/h3-5H,1-2H3. The number of hydrogen-bond donors (Lipinski definition) is 0. The van der Waals surface area contributed by atoms with E-state index in [2.05, 4.69) is 10.1 Å². The number of ether oxygens (including phenoxy) is 2. The van der Waals surface area contributed by atoms with E-state index in [1.165, 1.54) is 0 Å². The Morgan fingerprint density at radius 3 is 2.62 bits per heavy atom. The summed E-state index contributed by atoms with van der Waals surface area (Å²) in [6.45, 7) is 0. The van der Waals surface area contributed by atoms with Gasteiger partial charge in [-0.3, -0.25) is 0 Å². The summed E-state index contributed by atoms with van der Waals surface area (Å²) < 4.78 is 16.0. The Balaban J connectivity index is 2.48. The highest BCUT2D eigenvalue weighted by Crippen LogP contribution is 2.32. The van der Waals surface area contributed by atoms with Crippen LogP contribution in [0.2, 0.25) is 0 Å². The minimum absolute atomic E-state index is 0.434. The van der Waals surface area contributed by atoms with Crippen molar-refractivity contribution in [1.29, 1.82) is 0 Å². The van der Waals surface area contributed by atoms with Gasteiger partial charge < -0.3 is 14.0 Å². The van der Waals surface area contributed by atoms with Crippen molar-refractivity contribution in [2.75, 3.05) is 14.2 Å². The summed E-state index contributed by atoms with van der Waals surface area (Å²) >= 11 is 1.98. The second-order valence-electron chi connectivity index (χ2n) is 2.93. The molecular formula is C10H9IN2O3. The van der Waals surface area contributed by atoms with E-state index in [1.54, 1.807) is 20.3 Å². The minimum Gasteiger partial charge on any atom is -0.497 e. The molecular weight excluding hydrogens is 323 g/mol. The fourth-order valence-corrected chi connectivity index (χ4v) is 1.61. The Morgan fingerprint density at radius 1 is 1.25 bits per heavy atom. The SMILES string of the molecule is COc1ccc(-c2nc(I)no2)c(OC)c1. The fraction of sp³-hybridized carbons (Fsp3) is 0.200. The van der Waals surface area contributed by atoms with E-state index in [-0.39, 0.29) is 0 Å². The topological polar surface area (TPSA) is 57.4 Å². The molecule has 0 amide bonds. The molecule has 2 rings (SSSR count). The average Bonchev–Trinajstić information content (AvgIpc) is 2.74. The van der Waals surface area contributed by atoms with Gasteiger partial charge in [-0.15, -0.1) is 0 Å². The largest absolute Gasteiger partial charge is 0.497 e. The molecule has 5 nitrogen and oxygen atoms in total. The summed E-state index contributed by atoms with van der Waals surface area (Å²) in [5.74, 6) is 1.79. The molecule has 16 heavy (non-hydrogen) atoms. The Hall–Kier alpha value is -1.31. The van der Waals surface area contributed by atoms with Crippen molar-refractivity contribution in [3.63, 3.8) is 0 Å². The molecule has 0 saturated carbocycles. The van der Waals surface area contributed by atoms with E-state index in [0.29, 0.717) is 15.5 Å². The third-order valence-corrected chi connectivity index (χ3v) is 2.48. The zero-order chi connectivity index (χ0) is 11.5. The van der Waals surface area contributed by atoms with E-state index < -0.39 is 0 Å². The van der Waals surface area contributed by atoms with Crippen LogP contribution in [-0.2, 0) is 0 Å². The molecule has 0 N–H and O–H groups in total. The summed E-state index contributed by atoms with van der Waals surface area (Å²) in [6, 6.07) is 5.41. The van der Waals surface area contributed by atoms with Crippen LogP contribution in [0.25, 0.3) is 11.5 Å². The maximum absolute atomic E-state index is 5.24. The maximum atomic E-state index is 5.24. The van der Waals surface area contributed by atoms with E-state index in [9.17, 15) is 0 Å². The lowest BCUT2D eigenvalue weighted by atomic mass is 10.2. The van der Waals surface area contributed by atoms with Crippen LogP contribution in [0.15, 0.2) is 22.7 Å². The third kappa shape index (κ3) is 2.11. The number of nitrogens with zero attached hydrogens (tertiary/aromatic N) is 2. The van der Waals surface area contributed by atoms with Gasteiger partial charge in [0.25, 0.3) is 5.89 Å². The lowest BCUT2D eigenvalue weighted by Crippen LogP contribution is -1.90. The summed E-state index contributed by atoms with van der Waals surface area (Å²) in [5, 5.41) is 3.72. The smallest absolute Gasteiger partial charge is 0.262 e. The molecule has 0 atom stereocenters. The number of hydrogen-bond acceptors (Lipinski definition) is 5. The molecule has 1 aromatic heterocycles. The van der Waals surface area contributed by atoms with Crippen LogP contribution < -0.4 is 9.47 Å². The van der Waals surface area contributed by atoms with Crippen molar-refractivity contribution < 1.29 is 14.0 Å². The first kappa shape index (κ1) is 11.2. The van der Waals surface area contributed by atoms with Gasteiger partial charge in [-0.25, -0.2) is 0 Å². The fourth-order valence-electron chi connectivity index (χ4n) is 1.29. The predicted molar refractivity (Wildman–Crippen MR) is 65.6 cm³/mol. The molecule has 0 aliphatic rings. The molecule has 2 aromatic rings. The van der Waals surface area contributed by atoms with Gasteiger partial charge in [0.1, 0.15) is 11.5 Å². The molecule has 0 saturated heterocycles. The first-order valence-electron chi connectivity index (χ1n) is 4.46. The second kappa shape index (κ2) is 4.69. The minimum atomic E-state index is 0.434. The van der Waals surface area contributed by atoms with Gasteiger partial charge in [0, 0.05) is 28.7 Å². The van der Waals surface area contributed by atoms with Gasteiger partial charge in [-0.2, -0.15) is 4.98 Å². The zero-order valence-corrected chi connectivity index (χ0v) is 10.9. The summed E-state index contributed by atoms with van der Waals surface area (Å²) in [7, 11) is 3.18. The molecule has 0 radical (unpaired) electrons. The lowest BCUT2D eigenvalue weighted by Gasteiger charge is -2.06. The van der Waals surface area contributed by atoms with Crippen LogP contribution in [0.5, 0.6) is 11.5 Å². The number of rotatable bonds is 3. The summed E-state index contributed by atoms with van der Waals surface area (Å²) in [4.78, 5) is 4.13. The quantitative estimate of drug-likeness (QED) is 0.808. The van der Waals surface area contributed by atoms with Crippen molar-refractivity contribution >= 4 is 22.6 Å². The molecule has 0 aliphatic heterocycles. The molecule has 6 heteroatoms. The number of methoxy groups -OCH3 is 2. The Morgan fingerprint density at radius 2 is 2.06 bits per heavy atom. The highest BCUT2D eigenvalue weighted by atomic mass is 127. The van der Waals surface area contributed by atoms with Crippen molar-refractivity contribution in [3.05, 3.63) is 22.0 Å². The zero-order valence-electron chi connectivity index (χ0n) is 8.73. The Labute approximate surface area is 106 Å². The molecule has 84 valence electrons.